The third kappa shape index (κ3) is 3.40. The number of ether oxygens (including phenoxy) is 2. The van der Waals surface area contributed by atoms with Crippen LogP contribution in [0.5, 0.6) is 5.75 Å². The van der Waals surface area contributed by atoms with E-state index in [0.717, 1.165) is 22.7 Å². The lowest BCUT2D eigenvalue weighted by Gasteiger charge is -2.05. The molecule has 5 nitrogen and oxygen atoms in total. The Morgan fingerprint density at radius 2 is 1.70 bits per heavy atom. The van der Waals surface area contributed by atoms with Crippen LogP contribution in [0.4, 0.5) is 0 Å². The second-order valence-electron chi connectivity index (χ2n) is 4.97. The zero-order valence-corrected chi connectivity index (χ0v) is 13.3. The average molecular weight is 309 g/mol. The molecule has 0 fully saturated rings. The second kappa shape index (κ2) is 7.07. The first-order valence-corrected chi connectivity index (χ1v) is 7.54. The maximum absolute atomic E-state index is 5.51. The van der Waals surface area contributed by atoms with E-state index in [1.807, 2.05) is 61.5 Å². The van der Waals surface area contributed by atoms with Crippen LogP contribution in [0.15, 0.2) is 54.6 Å². The molecule has 2 aromatic carbocycles. The minimum Gasteiger partial charge on any atom is -0.497 e. The van der Waals surface area contributed by atoms with Crippen molar-refractivity contribution in [2.24, 2.45) is 0 Å². The quantitative estimate of drug-likeness (QED) is 0.698. The lowest BCUT2D eigenvalue weighted by Crippen LogP contribution is -2.06. The molecule has 0 saturated heterocycles. The number of hydrogen-bond donors (Lipinski definition) is 0. The minimum atomic E-state index is 0.379. The van der Waals surface area contributed by atoms with Gasteiger partial charge in [-0.25, -0.2) is 9.67 Å². The minimum absolute atomic E-state index is 0.379. The molecule has 0 N–H and O–H groups in total. The van der Waals surface area contributed by atoms with Crippen molar-refractivity contribution in [1.82, 2.24) is 14.8 Å². The van der Waals surface area contributed by atoms with Gasteiger partial charge in [-0.2, -0.15) is 0 Å². The molecule has 3 aromatic rings. The number of nitrogens with zero attached hydrogens (tertiary/aromatic N) is 3. The zero-order valence-electron chi connectivity index (χ0n) is 13.3. The van der Waals surface area contributed by atoms with Gasteiger partial charge in [-0.15, -0.1) is 5.10 Å². The molecule has 0 aliphatic rings. The molecule has 1 heterocycles. The van der Waals surface area contributed by atoms with Crippen LogP contribution in [0, 0.1) is 0 Å². The SMILES string of the molecule is CCOCn1nc(-c2ccc(OC)cc2)nc1-c1ccccc1. The fourth-order valence-electron chi connectivity index (χ4n) is 2.27. The predicted molar refractivity (Wildman–Crippen MR) is 89.1 cm³/mol. The van der Waals surface area contributed by atoms with Crippen molar-refractivity contribution < 1.29 is 9.47 Å². The van der Waals surface area contributed by atoms with Gasteiger partial charge in [0.2, 0.25) is 0 Å². The Labute approximate surface area is 135 Å². The molecule has 23 heavy (non-hydrogen) atoms. The highest BCUT2D eigenvalue weighted by Crippen LogP contribution is 2.24. The van der Waals surface area contributed by atoms with E-state index in [1.165, 1.54) is 0 Å². The predicted octanol–water partition coefficient (Wildman–Crippen LogP) is 3.61. The molecule has 0 spiro atoms. The first-order valence-electron chi connectivity index (χ1n) is 7.54. The van der Waals surface area contributed by atoms with Crippen molar-refractivity contribution in [2.45, 2.75) is 13.7 Å². The van der Waals surface area contributed by atoms with Crippen LogP contribution < -0.4 is 4.74 Å². The third-order valence-corrected chi connectivity index (χ3v) is 3.47. The Morgan fingerprint density at radius 1 is 0.957 bits per heavy atom. The molecular formula is C18H19N3O2. The van der Waals surface area contributed by atoms with Gasteiger partial charge >= 0.3 is 0 Å². The van der Waals surface area contributed by atoms with Crippen molar-refractivity contribution in [3.05, 3.63) is 54.6 Å². The van der Waals surface area contributed by atoms with E-state index in [4.69, 9.17) is 14.5 Å². The summed E-state index contributed by atoms with van der Waals surface area (Å²) in [6.07, 6.45) is 0. The Morgan fingerprint density at radius 3 is 2.35 bits per heavy atom. The molecule has 3 rings (SSSR count). The van der Waals surface area contributed by atoms with Gasteiger partial charge in [0.25, 0.3) is 0 Å². The Balaban J connectivity index is 1.99. The number of rotatable bonds is 6. The van der Waals surface area contributed by atoms with E-state index >= 15 is 0 Å². The molecule has 0 bridgehead atoms. The van der Waals surface area contributed by atoms with Crippen LogP contribution in [0.3, 0.4) is 0 Å². The molecule has 0 saturated carbocycles. The Kier molecular flexibility index (Phi) is 4.68. The maximum atomic E-state index is 5.51. The summed E-state index contributed by atoms with van der Waals surface area (Å²) in [5.41, 5.74) is 1.96. The van der Waals surface area contributed by atoms with Gasteiger partial charge in [0, 0.05) is 17.7 Å². The highest BCUT2D eigenvalue weighted by atomic mass is 16.5. The van der Waals surface area contributed by atoms with Crippen LogP contribution in [0.2, 0.25) is 0 Å². The highest BCUT2D eigenvalue weighted by Gasteiger charge is 2.13. The Hall–Kier alpha value is -2.66. The van der Waals surface area contributed by atoms with E-state index in [2.05, 4.69) is 5.10 Å². The first-order chi connectivity index (χ1) is 11.3. The van der Waals surface area contributed by atoms with Crippen LogP contribution in [0.1, 0.15) is 6.92 Å². The molecule has 0 atom stereocenters. The molecule has 0 aliphatic heterocycles. The van der Waals surface area contributed by atoms with E-state index in [1.54, 1.807) is 11.8 Å². The van der Waals surface area contributed by atoms with Crippen LogP contribution in [0.25, 0.3) is 22.8 Å². The summed E-state index contributed by atoms with van der Waals surface area (Å²) in [6.45, 7) is 2.97. The van der Waals surface area contributed by atoms with Crippen LogP contribution >= 0.6 is 0 Å². The van der Waals surface area contributed by atoms with Gasteiger partial charge in [0.05, 0.1) is 7.11 Å². The topological polar surface area (TPSA) is 49.2 Å². The zero-order chi connectivity index (χ0) is 16.1. The monoisotopic (exact) mass is 309 g/mol. The summed E-state index contributed by atoms with van der Waals surface area (Å²) in [5, 5.41) is 4.59. The van der Waals surface area contributed by atoms with Gasteiger partial charge in [0.1, 0.15) is 12.5 Å². The van der Waals surface area contributed by atoms with Crippen molar-refractivity contribution >= 4 is 0 Å². The van der Waals surface area contributed by atoms with Crippen molar-refractivity contribution in [1.29, 1.82) is 0 Å². The van der Waals surface area contributed by atoms with E-state index < -0.39 is 0 Å². The number of hydrogen-bond acceptors (Lipinski definition) is 4. The normalized spacial score (nSPS) is 10.7. The van der Waals surface area contributed by atoms with Gasteiger partial charge in [-0.3, -0.25) is 0 Å². The van der Waals surface area contributed by atoms with E-state index in [9.17, 15) is 0 Å². The average Bonchev–Trinajstić information content (AvgIpc) is 3.05. The fraction of sp³-hybridized carbons (Fsp3) is 0.222. The number of aromatic nitrogens is 3. The summed E-state index contributed by atoms with van der Waals surface area (Å²) >= 11 is 0. The summed E-state index contributed by atoms with van der Waals surface area (Å²) < 4.78 is 12.5. The van der Waals surface area contributed by atoms with Crippen molar-refractivity contribution in [3.63, 3.8) is 0 Å². The van der Waals surface area contributed by atoms with Gasteiger partial charge in [-0.05, 0) is 31.2 Å². The maximum Gasteiger partial charge on any atom is 0.181 e. The standard InChI is InChI=1S/C18H19N3O2/c1-3-23-13-21-18(15-7-5-4-6-8-15)19-17(20-21)14-9-11-16(22-2)12-10-14/h4-12H,3,13H2,1-2H3. The van der Waals surface area contributed by atoms with Gasteiger partial charge < -0.3 is 9.47 Å². The van der Waals surface area contributed by atoms with Crippen molar-refractivity contribution in [3.8, 4) is 28.5 Å². The second-order valence-corrected chi connectivity index (χ2v) is 4.97. The smallest absolute Gasteiger partial charge is 0.181 e. The summed E-state index contributed by atoms with van der Waals surface area (Å²) in [7, 11) is 1.65. The molecule has 0 radical (unpaired) electrons. The summed E-state index contributed by atoms with van der Waals surface area (Å²) in [6, 6.07) is 17.7. The van der Waals surface area contributed by atoms with Crippen LogP contribution in [-0.2, 0) is 11.5 Å². The molecule has 0 amide bonds. The van der Waals surface area contributed by atoms with E-state index in [0.29, 0.717) is 19.2 Å². The lowest BCUT2D eigenvalue weighted by atomic mass is 10.2. The van der Waals surface area contributed by atoms with Crippen LogP contribution in [-0.4, -0.2) is 28.5 Å². The molecule has 0 aliphatic carbocycles. The number of benzene rings is 2. The third-order valence-electron chi connectivity index (χ3n) is 3.47. The van der Waals surface area contributed by atoms with E-state index in [-0.39, 0.29) is 0 Å². The van der Waals surface area contributed by atoms with Gasteiger partial charge in [0.15, 0.2) is 11.6 Å². The highest BCUT2D eigenvalue weighted by molar-refractivity contribution is 5.62. The molecule has 5 heteroatoms. The largest absolute Gasteiger partial charge is 0.497 e. The summed E-state index contributed by atoms with van der Waals surface area (Å²) in [4.78, 5) is 4.69. The molecule has 118 valence electrons. The summed E-state index contributed by atoms with van der Waals surface area (Å²) in [5.74, 6) is 2.28. The lowest BCUT2D eigenvalue weighted by molar-refractivity contribution is 0.0803. The first kappa shape index (κ1) is 15.2. The molecular weight excluding hydrogens is 290 g/mol. The van der Waals surface area contributed by atoms with Crippen molar-refractivity contribution in [2.75, 3.05) is 13.7 Å². The fourth-order valence-corrected chi connectivity index (χ4v) is 2.27. The molecule has 0 unspecified atom stereocenters. The number of methoxy groups -OCH3 is 1. The molecule has 1 aromatic heterocycles. The van der Waals surface area contributed by atoms with Gasteiger partial charge in [-0.1, -0.05) is 30.3 Å². The Bertz CT molecular complexity index is 752.